The number of ether oxygens (including phenoxy) is 1. The Kier molecular flexibility index (Phi) is 4.40. The Morgan fingerprint density at radius 3 is 2.61 bits per heavy atom. The van der Waals surface area contributed by atoms with Gasteiger partial charge in [0.15, 0.2) is 6.10 Å². The molecule has 5 heteroatoms. The van der Waals surface area contributed by atoms with Crippen molar-refractivity contribution in [3.8, 4) is 0 Å². The predicted octanol–water partition coefficient (Wildman–Crippen LogP) is 2.63. The van der Waals surface area contributed by atoms with Crippen LogP contribution in [0.5, 0.6) is 0 Å². The van der Waals surface area contributed by atoms with E-state index in [1.165, 1.54) is 12.1 Å². The van der Waals surface area contributed by atoms with E-state index in [0.717, 1.165) is 19.9 Å². The molecule has 1 unspecified atom stereocenters. The average molecular weight is 258 g/mol. The minimum absolute atomic E-state index is 0.0829. The fraction of sp³-hybridized carbons (Fsp3) is 0.462. The Morgan fingerprint density at radius 1 is 1.50 bits per heavy atom. The number of halogens is 2. The van der Waals surface area contributed by atoms with Crippen molar-refractivity contribution in [2.24, 2.45) is 0 Å². The van der Waals surface area contributed by atoms with Crippen LogP contribution >= 0.6 is 0 Å². The SMILES string of the molecule is CCOC(=O)C(O)c1cccc(F)c1C(C)(C)F. The zero-order valence-electron chi connectivity index (χ0n) is 10.5. The molecular weight excluding hydrogens is 242 g/mol. The largest absolute Gasteiger partial charge is 0.464 e. The number of carbonyl (C=O) groups excluding carboxylic acids is 1. The number of hydrogen-bond acceptors (Lipinski definition) is 3. The minimum atomic E-state index is -2.01. The molecule has 3 nitrogen and oxygen atoms in total. The van der Waals surface area contributed by atoms with E-state index in [1.54, 1.807) is 6.92 Å². The molecule has 0 heterocycles. The third-order valence-electron chi connectivity index (χ3n) is 2.44. The maximum Gasteiger partial charge on any atom is 0.339 e. The smallest absolute Gasteiger partial charge is 0.339 e. The molecule has 0 aliphatic carbocycles. The maximum atomic E-state index is 13.9. The van der Waals surface area contributed by atoms with Gasteiger partial charge in [-0.3, -0.25) is 0 Å². The van der Waals surface area contributed by atoms with Crippen molar-refractivity contribution >= 4 is 5.97 Å². The molecule has 18 heavy (non-hydrogen) atoms. The summed E-state index contributed by atoms with van der Waals surface area (Å²) < 4.78 is 32.2. The Balaban J connectivity index is 3.25. The third kappa shape index (κ3) is 3.04. The van der Waals surface area contributed by atoms with Crippen LogP contribution in [0, 0.1) is 5.82 Å². The van der Waals surface area contributed by atoms with Crippen LogP contribution in [-0.4, -0.2) is 17.7 Å². The highest BCUT2D eigenvalue weighted by molar-refractivity contribution is 5.76. The molecule has 0 aliphatic rings. The van der Waals surface area contributed by atoms with Gasteiger partial charge in [0.2, 0.25) is 0 Å². The highest BCUT2D eigenvalue weighted by Gasteiger charge is 2.32. The van der Waals surface area contributed by atoms with E-state index in [9.17, 15) is 18.7 Å². The minimum Gasteiger partial charge on any atom is -0.464 e. The summed E-state index contributed by atoms with van der Waals surface area (Å²) in [6.45, 7) is 3.98. The van der Waals surface area contributed by atoms with Crippen molar-refractivity contribution < 1.29 is 23.4 Å². The highest BCUT2D eigenvalue weighted by atomic mass is 19.1. The van der Waals surface area contributed by atoms with Gasteiger partial charge in [0.05, 0.1) is 6.61 Å². The molecule has 0 saturated heterocycles. The number of aliphatic hydroxyl groups is 1. The molecule has 1 N–H and O–H groups in total. The quantitative estimate of drug-likeness (QED) is 0.844. The third-order valence-corrected chi connectivity index (χ3v) is 2.44. The zero-order valence-corrected chi connectivity index (χ0v) is 10.5. The summed E-state index contributed by atoms with van der Waals surface area (Å²) in [6.07, 6.45) is -1.69. The predicted molar refractivity (Wildman–Crippen MR) is 62.1 cm³/mol. The summed E-state index contributed by atoms with van der Waals surface area (Å²) >= 11 is 0. The van der Waals surface area contributed by atoms with Crippen LogP contribution in [0.2, 0.25) is 0 Å². The number of rotatable bonds is 4. The Labute approximate surface area is 104 Å². The number of benzene rings is 1. The van der Waals surface area contributed by atoms with Crippen molar-refractivity contribution in [3.05, 3.63) is 35.1 Å². The number of aliphatic hydroxyl groups excluding tert-OH is 1. The van der Waals surface area contributed by atoms with Crippen LogP contribution in [0.25, 0.3) is 0 Å². The summed E-state index contributed by atoms with van der Waals surface area (Å²) in [5.74, 6) is -1.73. The molecule has 0 radical (unpaired) electrons. The Morgan fingerprint density at radius 2 is 2.11 bits per heavy atom. The first-order valence-electron chi connectivity index (χ1n) is 5.61. The first-order chi connectivity index (χ1) is 8.29. The van der Waals surface area contributed by atoms with E-state index >= 15 is 0 Å². The van der Waals surface area contributed by atoms with Gasteiger partial charge in [-0.05, 0) is 26.8 Å². The highest BCUT2D eigenvalue weighted by Crippen LogP contribution is 2.33. The normalized spacial score (nSPS) is 13.2. The van der Waals surface area contributed by atoms with Gasteiger partial charge >= 0.3 is 5.97 Å². The van der Waals surface area contributed by atoms with Gasteiger partial charge in [-0.1, -0.05) is 12.1 Å². The van der Waals surface area contributed by atoms with Crippen LogP contribution in [0.3, 0.4) is 0 Å². The number of carbonyl (C=O) groups is 1. The Hall–Kier alpha value is -1.49. The molecule has 0 saturated carbocycles. The van der Waals surface area contributed by atoms with Crippen LogP contribution in [-0.2, 0) is 15.2 Å². The fourth-order valence-electron chi connectivity index (χ4n) is 1.74. The Bertz CT molecular complexity index is 438. The topological polar surface area (TPSA) is 46.5 Å². The number of alkyl halides is 1. The summed E-state index contributed by atoms with van der Waals surface area (Å²) in [6, 6.07) is 3.70. The standard InChI is InChI=1S/C13H16F2O3/c1-4-18-12(17)11(16)8-6-5-7-9(14)10(8)13(2,3)15/h5-7,11,16H,4H2,1-3H3. The second-order valence-electron chi connectivity index (χ2n) is 4.33. The molecule has 0 spiro atoms. The molecule has 1 aromatic rings. The first kappa shape index (κ1) is 14.6. The monoisotopic (exact) mass is 258 g/mol. The molecule has 0 bridgehead atoms. The summed E-state index contributed by atoms with van der Waals surface area (Å²) in [7, 11) is 0. The van der Waals surface area contributed by atoms with Gasteiger partial charge in [-0.25, -0.2) is 13.6 Å². The van der Waals surface area contributed by atoms with Crippen molar-refractivity contribution in [1.82, 2.24) is 0 Å². The molecule has 1 atom stereocenters. The van der Waals surface area contributed by atoms with E-state index in [-0.39, 0.29) is 17.7 Å². The van der Waals surface area contributed by atoms with Crippen molar-refractivity contribution in [2.75, 3.05) is 6.61 Å². The van der Waals surface area contributed by atoms with Crippen LogP contribution in [0.1, 0.15) is 38.0 Å². The van der Waals surface area contributed by atoms with E-state index < -0.39 is 23.6 Å². The van der Waals surface area contributed by atoms with Crippen LogP contribution in [0.15, 0.2) is 18.2 Å². The van der Waals surface area contributed by atoms with Crippen molar-refractivity contribution in [1.29, 1.82) is 0 Å². The van der Waals surface area contributed by atoms with Crippen LogP contribution < -0.4 is 0 Å². The molecule has 0 aromatic heterocycles. The van der Waals surface area contributed by atoms with E-state index in [4.69, 9.17) is 0 Å². The number of esters is 1. The fourth-order valence-corrected chi connectivity index (χ4v) is 1.74. The summed E-state index contributed by atoms with van der Waals surface area (Å²) in [4.78, 5) is 11.4. The van der Waals surface area contributed by atoms with Gasteiger partial charge in [0, 0.05) is 11.1 Å². The molecule has 1 aromatic carbocycles. The average Bonchev–Trinajstić information content (AvgIpc) is 2.26. The van der Waals surface area contributed by atoms with E-state index in [1.807, 2.05) is 0 Å². The lowest BCUT2D eigenvalue weighted by Crippen LogP contribution is -2.22. The molecular formula is C13H16F2O3. The lowest BCUT2D eigenvalue weighted by molar-refractivity contribution is -0.153. The van der Waals surface area contributed by atoms with Gasteiger partial charge in [0.1, 0.15) is 11.5 Å². The van der Waals surface area contributed by atoms with Crippen LogP contribution in [0.4, 0.5) is 8.78 Å². The van der Waals surface area contributed by atoms with Crippen molar-refractivity contribution in [2.45, 2.75) is 32.5 Å². The molecule has 0 aliphatic heterocycles. The lowest BCUT2D eigenvalue weighted by atomic mass is 9.91. The first-order valence-corrected chi connectivity index (χ1v) is 5.61. The van der Waals surface area contributed by atoms with Gasteiger partial charge in [0.25, 0.3) is 0 Å². The second kappa shape index (κ2) is 5.44. The van der Waals surface area contributed by atoms with E-state index in [0.29, 0.717) is 0 Å². The second-order valence-corrected chi connectivity index (χ2v) is 4.33. The molecule has 1 rings (SSSR count). The summed E-state index contributed by atoms with van der Waals surface area (Å²) in [5, 5.41) is 9.78. The van der Waals surface area contributed by atoms with E-state index in [2.05, 4.69) is 4.74 Å². The lowest BCUT2D eigenvalue weighted by Gasteiger charge is -2.22. The summed E-state index contributed by atoms with van der Waals surface area (Å²) in [5.41, 5.74) is -2.44. The van der Waals surface area contributed by atoms with Gasteiger partial charge in [-0.2, -0.15) is 0 Å². The molecule has 0 fully saturated rings. The number of hydrogen-bond donors (Lipinski definition) is 1. The molecule has 100 valence electrons. The zero-order chi connectivity index (χ0) is 13.9. The maximum absolute atomic E-state index is 13.9. The molecule has 0 amide bonds. The van der Waals surface area contributed by atoms with Gasteiger partial charge < -0.3 is 9.84 Å². The van der Waals surface area contributed by atoms with Crippen molar-refractivity contribution in [3.63, 3.8) is 0 Å². The van der Waals surface area contributed by atoms with Gasteiger partial charge in [-0.15, -0.1) is 0 Å².